The third-order valence-electron chi connectivity index (χ3n) is 4.56. The highest BCUT2D eigenvalue weighted by Crippen LogP contribution is 2.48. The summed E-state index contributed by atoms with van der Waals surface area (Å²) in [6.45, 7) is 4.04. The molecule has 1 saturated carbocycles. The van der Waals surface area contributed by atoms with Gasteiger partial charge in [0.05, 0.1) is 11.7 Å². The van der Waals surface area contributed by atoms with Gasteiger partial charge in [-0.15, -0.1) is 0 Å². The number of aliphatic hydroxyl groups excluding tert-OH is 1. The van der Waals surface area contributed by atoms with Gasteiger partial charge in [-0.3, -0.25) is 4.79 Å². The molecule has 0 saturated heterocycles. The molecule has 0 radical (unpaired) electrons. The van der Waals surface area contributed by atoms with Crippen molar-refractivity contribution in [3.8, 4) is 0 Å². The SMILES string of the molecule is CCC(C)C(O)CNC(=O)C1CC1c1cccc(C(F)(F)F)c1. The molecule has 4 unspecified atom stereocenters. The van der Waals surface area contributed by atoms with Crippen molar-refractivity contribution in [3.63, 3.8) is 0 Å². The molecule has 23 heavy (non-hydrogen) atoms. The predicted molar refractivity (Wildman–Crippen MR) is 80.8 cm³/mol. The normalized spacial score (nSPS) is 23.2. The van der Waals surface area contributed by atoms with Crippen LogP contribution in [-0.2, 0) is 11.0 Å². The lowest BCUT2D eigenvalue weighted by atomic mass is 10.0. The van der Waals surface area contributed by atoms with E-state index in [2.05, 4.69) is 5.32 Å². The predicted octanol–water partition coefficient (Wildman–Crippen LogP) is 3.33. The number of carbonyl (C=O) groups is 1. The molecule has 0 bridgehead atoms. The molecule has 1 aliphatic carbocycles. The van der Waals surface area contributed by atoms with E-state index in [0.29, 0.717) is 12.0 Å². The van der Waals surface area contributed by atoms with Crippen LogP contribution in [0.1, 0.15) is 43.7 Å². The molecule has 1 aliphatic rings. The summed E-state index contributed by atoms with van der Waals surface area (Å²) in [7, 11) is 0. The molecule has 1 amide bonds. The van der Waals surface area contributed by atoms with Crippen molar-refractivity contribution in [3.05, 3.63) is 35.4 Å². The van der Waals surface area contributed by atoms with Gasteiger partial charge < -0.3 is 10.4 Å². The quantitative estimate of drug-likeness (QED) is 0.841. The van der Waals surface area contributed by atoms with E-state index in [1.807, 2.05) is 13.8 Å². The first-order chi connectivity index (χ1) is 10.7. The monoisotopic (exact) mass is 329 g/mol. The smallest absolute Gasteiger partial charge is 0.391 e. The van der Waals surface area contributed by atoms with Crippen LogP contribution < -0.4 is 5.32 Å². The zero-order valence-corrected chi connectivity index (χ0v) is 13.2. The molecule has 0 spiro atoms. The third kappa shape index (κ3) is 4.47. The highest BCUT2D eigenvalue weighted by Gasteiger charge is 2.44. The molecule has 0 aliphatic heterocycles. The van der Waals surface area contributed by atoms with E-state index in [4.69, 9.17) is 0 Å². The first-order valence-corrected chi connectivity index (χ1v) is 7.87. The number of nitrogens with one attached hydrogen (secondary N) is 1. The largest absolute Gasteiger partial charge is 0.416 e. The number of halogens is 3. The minimum absolute atomic E-state index is 0.0915. The summed E-state index contributed by atoms with van der Waals surface area (Å²) >= 11 is 0. The van der Waals surface area contributed by atoms with Gasteiger partial charge in [0.15, 0.2) is 0 Å². The number of alkyl halides is 3. The molecular formula is C17H22F3NO2. The van der Waals surface area contributed by atoms with Crippen LogP contribution >= 0.6 is 0 Å². The Morgan fingerprint density at radius 2 is 2.13 bits per heavy atom. The van der Waals surface area contributed by atoms with Crippen molar-refractivity contribution in [1.29, 1.82) is 0 Å². The molecule has 1 fully saturated rings. The fourth-order valence-corrected chi connectivity index (χ4v) is 2.61. The molecule has 1 aromatic rings. The highest BCUT2D eigenvalue weighted by molar-refractivity contribution is 5.82. The maximum absolute atomic E-state index is 12.7. The Hall–Kier alpha value is -1.56. The van der Waals surface area contributed by atoms with Crippen LogP contribution in [0, 0.1) is 11.8 Å². The minimum atomic E-state index is -4.37. The van der Waals surface area contributed by atoms with Gasteiger partial charge in [-0.05, 0) is 29.9 Å². The second kappa shape index (κ2) is 6.91. The van der Waals surface area contributed by atoms with Crippen molar-refractivity contribution >= 4 is 5.91 Å². The number of benzene rings is 1. The van der Waals surface area contributed by atoms with Crippen molar-refractivity contribution in [2.45, 2.75) is 44.9 Å². The fraction of sp³-hybridized carbons (Fsp3) is 0.588. The molecule has 1 aromatic carbocycles. The molecule has 2 N–H and O–H groups in total. The van der Waals surface area contributed by atoms with Gasteiger partial charge in [-0.25, -0.2) is 0 Å². The van der Waals surface area contributed by atoms with Gasteiger partial charge in [0, 0.05) is 12.5 Å². The number of carbonyl (C=O) groups excluding carboxylic acids is 1. The average Bonchev–Trinajstić information content (AvgIpc) is 3.31. The summed E-state index contributed by atoms with van der Waals surface area (Å²) in [6.07, 6.45) is -3.61. The first-order valence-electron chi connectivity index (χ1n) is 7.87. The van der Waals surface area contributed by atoms with E-state index in [0.717, 1.165) is 18.6 Å². The topological polar surface area (TPSA) is 49.3 Å². The third-order valence-corrected chi connectivity index (χ3v) is 4.56. The number of hydrogen-bond donors (Lipinski definition) is 2. The molecule has 3 nitrogen and oxygen atoms in total. The summed E-state index contributed by atoms with van der Waals surface area (Å²) in [5.74, 6) is -0.579. The number of aliphatic hydroxyl groups is 1. The Morgan fingerprint density at radius 3 is 2.74 bits per heavy atom. The Labute approximate surface area is 133 Å². The summed E-state index contributed by atoms with van der Waals surface area (Å²) in [6, 6.07) is 5.15. The van der Waals surface area contributed by atoms with Crippen LogP contribution in [0.3, 0.4) is 0 Å². The molecule has 4 atom stereocenters. The van der Waals surface area contributed by atoms with Crippen molar-refractivity contribution < 1.29 is 23.1 Å². The lowest BCUT2D eigenvalue weighted by molar-refractivity contribution is -0.137. The minimum Gasteiger partial charge on any atom is -0.391 e. The van der Waals surface area contributed by atoms with Gasteiger partial charge in [-0.1, -0.05) is 38.5 Å². The van der Waals surface area contributed by atoms with E-state index in [9.17, 15) is 23.1 Å². The van der Waals surface area contributed by atoms with Crippen LogP contribution in [-0.4, -0.2) is 23.7 Å². The van der Waals surface area contributed by atoms with Crippen LogP contribution in [0.15, 0.2) is 24.3 Å². The molecule has 0 heterocycles. The molecule has 2 rings (SSSR count). The Balaban J connectivity index is 1.91. The van der Waals surface area contributed by atoms with Crippen LogP contribution in [0.5, 0.6) is 0 Å². The van der Waals surface area contributed by atoms with E-state index >= 15 is 0 Å². The van der Waals surface area contributed by atoms with Crippen LogP contribution in [0.4, 0.5) is 13.2 Å². The van der Waals surface area contributed by atoms with Gasteiger partial charge in [0.25, 0.3) is 0 Å². The van der Waals surface area contributed by atoms with Crippen LogP contribution in [0.2, 0.25) is 0 Å². The van der Waals surface area contributed by atoms with Crippen molar-refractivity contribution in [2.24, 2.45) is 11.8 Å². The first kappa shape index (κ1) is 17.8. The van der Waals surface area contributed by atoms with Crippen molar-refractivity contribution in [1.82, 2.24) is 5.32 Å². The lowest BCUT2D eigenvalue weighted by Gasteiger charge is -2.17. The van der Waals surface area contributed by atoms with Gasteiger partial charge in [-0.2, -0.15) is 13.2 Å². The molecule has 0 aromatic heterocycles. The molecular weight excluding hydrogens is 307 g/mol. The Morgan fingerprint density at radius 1 is 1.43 bits per heavy atom. The summed E-state index contributed by atoms with van der Waals surface area (Å²) in [5, 5.41) is 12.5. The number of hydrogen-bond acceptors (Lipinski definition) is 2. The van der Waals surface area contributed by atoms with Gasteiger partial charge >= 0.3 is 6.18 Å². The summed E-state index contributed by atoms with van der Waals surface area (Å²) < 4.78 is 38.2. The second-order valence-electron chi connectivity index (χ2n) is 6.27. The molecule has 6 heteroatoms. The Bertz CT molecular complexity index is 559. The standard InChI is InChI=1S/C17H22F3NO2/c1-3-10(2)15(22)9-21-16(23)14-8-13(14)11-5-4-6-12(7-11)17(18,19)20/h4-7,10,13-15,22H,3,8-9H2,1-2H3,(H,21,23). The van der Waals surface area contributed by atoms with Gasteiger partial charge in [0.1, 0.15) is 0 Å². The summed E-state index contributed by atoms with van der Waals surface area (Å²) in [5.41, 5.74) is -0.143. The maximum Gasteiger partial charge on any atom is 0.416 e. The van der Waals surface area contributed by atoms with E-state index in [1.165, 1.54) is 6.07 Å². The van der Waals surface area contributed by atoms with E-state index in [-0.39, 0.29) is 30.2 Å². The fourth-order valence-electron chi connectivity index (χ4n) is 2.61. The van der Waals surface area contributed by atoms with Crippen LogP contribution in [0.25, 0.3) is 0 Å². The van der Waals surface area contributed by atoms with Gasteiger partial charge in [0.2, 0.25) is 5.91 Å². The summed E-state index contributed by atoms with van der Waals surface area (Å²) in [4.78, 5) is 12.0. The van der Waals surface area contributed by atoms with E-state index in [1.54, 1.807) is 6.07 Å². The highest BCUT2D eigenvalue weighted by atomic mass is 19.4. The van der Waals surface area contributed by atoms with E-state index < -0.39 is 17.8 Å². The zero-order chi connectivity index (χ0) is 17.2. The average molecular weight is 329 g/mol. The zero-order valence-electron chi connectivity index (χ0n) is 13.2. The molecule has 128 valence electrons. The number of amides is 1. The maximum atomic E-state index is 12.7. The number of rotatable bonds is 6. The Kier molecular flexibility index (Phi) is 5.34. The lowest BCUT2D eigenvalue weighted by Crippen LogP contribution is -2.36. The second-order valence-corrected chi connectivity index (χ2v) is 6.27. The van der Waals surface area contributed by atoms with Crippen molar-refractivity contribution in [2.75, 3.05) is 6.54 Å².